The summed E-state index contributed by atoms with van der Waals surface area (Å²) in [5.41, 5.74) is 1.75. The average molecular weight is 264 g/mol. The van der Waals surface area contributed by atoms with E-state index in [1.807, 2.05) is 6.07 Å². The van der Waals surface area contributed by atoms with Crippen LogP contribution in [0.25, 0.3) is 0 Å². The van der Waals surface area contributed by atoms with Gasteiger partial charge in [-0.25, -0.2) is 0 Å². The average Bonchev–Trinajstić information content (AvgIpc) is 2.59. The lowest BCUT2D eigenvalue weighted by Crippen LogP contribution is -2.34. The molecule has 1 fully saturated rings. The SMILES string of the molecule is COCc1cc(O)c(O)c(C2(C)CCCC2(C)C)c1. The number of methoxy groups -OCH3 is 1. The molecule has 1 saturated carbocycles. The molecule has 19 heavy (non-hydrogen) atoms. The largest absolute Gasteiger partial charge is 0.504 e. The summed E-state index contributed by atoms with van der Waals surface area (Å²) in [6.07, 6.45) is 3.32. The standard InChI is InChI=1S/C16H24O3/c1-15(2)6-5-7-16(15,3)12-8-11(10-19-4)9-13(17)14(12)18/h8-9,17-18H,5-7,10H2,1-4H3. The Morgan fingerprint density at radius 1 is 1.16 bits per heavy atom. The molecule has 106 valence electrons. The molecule has 1 aliphatic carbocycles. The molecule has 3 heteroatoms. The molecule has 2 N–H and O–H groups in total. The molecule has 0 heterocycles. The number of hydrogen-bond donors (Lipinski definition) is 2. The van der Waals surface area contributed by atoms with Crippen LogP contribution in [-0.2, 0) is 16.8 Å². The molecule has 1 aromatic carbocycles. The highest BCUT2D eigenvalue weighted by molar-refractivity contribution is 5.52. The number of aromatic hydroxyl groups is 2. The summed E-state index contributed by atoms with van der Waals surface area (Å²) in [7, 11) is 1.63. The van der Waals surface area contributed by atoms with E-state index in [0.29, 0.717) is 6.61 Å². The normalized spacial score (nSPS) is 25.7. The summed E-state index contributed by atoms with van der Waals surface area (Å²) in [6.45, 7) is 7.10. The molecule has 0 aliphatic heterocycles. The van der Waals surface area contributed by atoms with Crippen molar-refractivity contribution in [3.63, 3.8) is 0 Å². The third-order valence-corrected chi connectivity index (χ3v) is 5.03. The second-order valence-corrected chi connectivity index (χ2v) is 6.51. The van der Waals surface area contributed by atoms with Crippen molar-refractivity contribution < 1.29 is 14.9 Å². The van der Waals surface area contributed by atoms with Crippen molar-refractivity contribution in [3.05, 3.63) is 23.3 Å². The number of phenolic OH excluding ortho intramolecular Hbond substituents is 2. The van der Waals surface area contributed by atoms with Crippen LogP contribution >= 0.6 is 0 Å². The van der Waals surface area contributed by atoms with Crippen LogP contribution < -0.4 is 0 Å². The van der Waals surface area contributed by atoms with Crippen LogP contribution in [0.3, 0.4) is 0 Å². The Kier molecular flexibility index (Phi) is 3.52. The van der Waals surface area contributed by atoms with E-state index in [-0.39, 0.29) is 22.3 Å². The molecule has 2 rings (SSSR count). The van der Waals surface area contributed by atoms with Gasteiger partial charge < -0.3 is 14.9 Å². The summed E-state index contributed by atoms with van der Waals surface area (Å²) in [5, 5.41) is 20.2. The monoisotopic (exact) mass is 264 g/mol. The molecule has 0 radical (unpaired) electrons. The van der Waals surface area contributed by atoms with E-state index in [4.69, 9.17) is 4.74 Å². The molecule has 0 aromatic heterocycles. The molecule has 0 amide bonds. The minimum Gasteiger partial charge on any atom is -0.504 e. The van der Waals surface area contributed by atoms with E-state index in [2.05, 4.69) is 20.8 Å². The highest BCUT2D eigenvalue weighted by atomic mass is 16.5. The topological polar surface area (TPSA) is 49.7 Å². The Morgan fingerprint density at radius 3 is 2.37 bits per heavy atom. The number of phenols is 2. The maximum absolute atomic E-state index is 10.3. The van der Waals surface area contributed by atoms with Gasteiger partial charge in [-0.3, -0.25) is 0 Å². The van der Waals surface area contributed by atoms with Gasteiger partial charge in [0.2, 0.25) is 0 Å². The van der Waals surface area contributed by atoms with Crippen molar-refractivity contribution in [2.24, 2.45) is 5.41 Å². The first-order chi connectivity index (χ1) is 8.82. The Balaban J connectivity index is 2.55. The van der Waals surface area contributed by atoms with Gasteiger partial charge in [-0.2, -0.15) is 0 Å². The zero-order chi connectivity index (χ0) is 14.3. The van der Waals surface area contributed by atoms with Crippen LogP contribution in [0.4, 0.5) is 0 Å². The lowest BCUT2D eigenvalue weighted by Gasteiger charge is -2.39. The van der Waals surface area contributed by atoms with Gasteiger partial charge in [0.1, 0.15) is 0 Å². The van der Waals surface area contributed by atoms with E-state index in [9.17, 15) is 10.2 Å². The molecule has 3 nitrogen and oxygen atoms in total. The van der Waals surface area contributed by atoms with Gasteiger partial charge in [-0.1, -0.05) is 27.2 Å². The summed E-state index contributed by atoms with van der Waals surface area (Å²) in [4.78, 5) is 0. The first-order valence-electron chi connectivity index (χ1n) is 6.86. The summed E-state index contributed by atoms with van der Waals surface area (Å²) >= 11 is 0. The number of hydrogen-bond acceptors (Lipinski definition) is 3. The van der Waals surface area contributed by atoms with Crippen LogP contribution in [0.2, 0.25) is 0 Å². The van der Waals surface area contributed by atoms with Crippen molar-refractivity contribution >= 4 is 0 Å². The van der Waals surface area contributed by atoms with Gasteiger partial charge in [0.15, 0.2) is 11.5 Å². The van der Waals surface area contributed by atoms with Crippen LogP contribution in [-0.4, -0.2) is 17.3 Å². The molecular formula is C16H24O3. The number of rotatable bonds is 3. The van der Waals surface area contributed by atoms with Crippen LogP contribution in [0, 0.1) is 5.41 Å². The van der Waals surface area contributed by atoms with Crippen LogP contribution in [0.5, 0.6) is 11.5 Å². The Bertz CT molecular complexity index is 479. The fraction of sp³-hybridized carbons (Fsp3) is 0.625. The second kappa shape index (κ2) is 4.71. The van der Waals surface area contributed by atoms with Gasteiger partial charge in [0, 0.05) is 18.1 Å². The zero-order valence-electron chi connectivity index (χ0n) is 12.3. The third kappa shape index (κ3) is 2.20. The van der Waals surface area contributed by atoms with Crippen molar-refractivity contribution in [2.45, 2.75) is 52.1 Å². The van der Waals surface area contributed by atoms with Crippen molar-refractivity contribution in [1.82, 2.24) is 0 Å². The van der Waals surface area contributed by atoms with E-state index < -0.39 is 0 Å². The van der Waals surface area contributed by atoms with Crippen molar-refractivity contribution in [2.75, 3.05) is 7.11 Å². The Morgan fingerprint density at radius 2 is 1.84 bits per heavy atom. The van der Waals surface area contributed by atoms with Gasteiger partial charge in [-0.05, 0) is 36.0 Å². The molecule has 1 aromatic rings. The maximum atomic E-state index is 10.3. The zero-order valence-corrected chi connectivity index (χ0v) is 12.3. The maximum Gasteiger partial charge on any atom is 0.161 e. The van der Waals surface area contributed by atoms with Gasteiger partial charge in [0.25, 0.3) is 0 Å². The fourth-order valence-electron chi connectivity index (χ4n) is 3.35. The number of benzene rings is 1. The Hall–Kier alpha value is -1.22. The molecule has 1 aliphatic rings. The van der Waals surface area contributed by atoms with Crippen molar-refractivity contribution in [3.8, 4) is 11.5 Å². The highest BCUT2D eigenvalue weighted by Crippen LogP contribution is 2.56. The van der Waals surface area contributed by atoms with Crippen molar-refractivity contribution in [1.29, 1.82) is 0 Å². The second-order valence-electron chi connectivity index (χ2n) is 6.51. The molecular weight excluding hydrogens is 240 g/mol. The summed E-state index contributed by atoms with van der Waals surface area (Å²) < 4.78 is 5.13. The first kappa shape index (κ1) is 14.2. The molecule has 1 unspecified atom stereocenters. The predicted octanol–water partition coefficient (Wildman–Crippen LogP) is 3.71. The fourth-order valence-corrected chi connectivity index (χ4v) is 3.35. The quantitative estimate of drug-likeness (QED) is 0.818. The van der Waals surface area contributed by atoms with Gasteiger partial charge >= 0.3 is 0 Å². The van der Waals surface area contributed by atoms with Gasteiger partial charge in [0.05, 0.1) is 6.61 Å². The predicted molar refractivity (Wildman–Crippen MR) is 75.5 cm³/mol. The van der Waals surface area contributed by atoms with E-state index >= 15 is 0 Å². The van der Waals surface area contributed by atoms with Crippen LogP contribution in [0.1, 0.15) is 51.2 Å². The third-order valence-electron chi connectivity index (χ3n) is 5.03. The lowest BCUT2D eigenvalue weighted by molar-refractivity contribution is 0.183. The molecule has 1 atom stereocenters. The Labute approximate surface area is 115 Å². The van der Waals surface area contributed by atoms with E-state index in [1.165, 1.54) is 0 Å². The smallest absolute Gasteiger partial charge is 0.161 e. The summed E-state index contributed by atoms with van der Waals surface area (Å²) in [5.74, 6) is -0.0224. The number of ether oxygens (including phenoxy) is 1. The minimum atomic E-state index is -0.113. The first-order valence-corrected chi connectivity index (χ1v) is 6.86. The minimum absolute atomic E-state index is 0.0253. The van der Waals surface area contributed by atoms with Crippen LogP contribution in [0.15, 0.2) is 12.1 Å². The van der Waals surface area contributed by atoms with E-state index in [0.717, 1.165) is 30.4 Å². The molecule has 0 saturated heterocycles. The molecule has 0 spiro atoms. The molecule has 0 bridgehead atoms. The highest BCUT2D eigenvalue weighted by Gasteiger charge is 2.47. The summed E-state index contributed by atoms with van der Waals surface area (Å²) in [6, 6.07) is 3.55. The van der Waals surface area contributed by atoms with Gasteiger partial charge in [-0.15, -0.1) is 0 Å². The van der Waals surface area contributed by atoms with E-state index in [1.54, 1.807) is 13.2 Å². The lowest BCUT2D eigenvalue weighted by atomic mass is 9.65.